The SMILES string of the molecule is C1=CC(c2ccc3c(c2)C2(c4ccccc4Oc4ccccc42)c2cccc(-c4ccccc4)c2O3)Cc2c1n(-c1ccccc1)c1ccccc21. The topological polar surface area (TPSA) is 23.4 Å². The zero-order chi connectivity index (χ0) is 34.2. The molecular weight excluding hydrogens is 635 g/mol. The van der Waals surface area contributed by atoms with Crippen molar-refractivity contribution in [3.05, 3.63) is 215 Å². The monoisotopic (exact) mass is 667 g/mol. The van der Waals surface area contributed by atoms with Crippen molar-refractivity contribution in [2.45, 2.75) is 17.8 Å². The van der Waals surface area contributed by atoms with E-state index >= 15 is 0 Å². The molecule has 1 unspecified atom stereocenters. The van der Waals surface area contributed by atoms with Crippen LogP contribution in [0.25, 0.3) is 33.8 Å². The van der Waals surface area contributed by atoms with Crippen molar-refractivity contribution >= 4 is 17.0 Å². The van der Waals surface area contributed by atoms with E-state index in [0.717, 1.165) is 62.8 Å². The maximum atomic E-state index is 7.07. The van der Waals surface area contributed by atoms with Gasteiger partial charge in [0.25, 0.3) is 0 Å². The molecule has 1 aliphatic carbocycles. The molecule has 8 aromatic rings. The smallest absolute Gasteiger partial charge is 0.140 e. The Morgan fingerprint density at radius 2 is 1.19 bits per heavy atom. The standard InChI is InChI=1S/C49H33NO2/c1-3-14-32(15-4-1)36-19-13-22-41-48(36)52-47-29-27-34(31-42(47)49(41)39-20-8-11-24-45(39)51-46-25-12-9-21-40(46)49)33-26-28-44-38(30-33)37-18-7-10-23-43(37)50(44)35-16-5-2-6-17-35/h1-29,31,33H,30H2. The van der Waals surface area contributed by atoms with E-state index in [4.69, 9.17) is 9.47 Å². The van der Waals surface area contributed by atoms with E-state index in [0.29, 0.717) is 0 Å². The highest BCUT2D eigenvalue weighted by Crippen LogP contribution is 2.63. The van der Waals surface area contributed by atoms with Gasteiger partial charge >= 0.3 is 0 Å². The van der Waals surface area contributed by atoms with Crippen molar-refractivity contribution in [3.8, 4) is 39.8 Å². The summed E-state index contributed by atoms with van der Waals surface area (Å²) in [7, 11) is 0. The molecule has 0 fully saturated rings. The first-order valence-electron chi connectivity index (χ1n) is 18.0. The molecule has 52 heavy (non-hydrogen) atoms. The van der Waals surface area contributed by atoms with Gasteiger partial charge in [0.2, 0.25) is 0 Å². The summed E-state index contributed by atoms with van der Waals surface area (Å²) in [6.45, 7) is 0. The Hall–Kier alpha value is -6.58. The minimum absolute atomic E-state index is 0.187. The van der Waals surface area contributed by atoms with Crippen LogP contribution in [0, 0.1) is 0 Å². The second-order valence-corrected chi connectivity index (χ2v) is 14.0. The average molecular weight is 668 g/mol. The number of aromatic nitrogens is 1. The Kier molecular flexibility index (Phi) is 6.29. The van der Waals surface area contributed by atoms with Gasteiger partial charge in [0.1, 0.15) is 23.0 Å². The van der Waals surface area contributed by atoms with E-state index in [9.17, 15) is 0 Å². The predicted molar refractivity (Wildman–Crippen MR) is 209 cm³/mol. The number of rotatable bonds is 3. The molecule has 0 radical (unpaired) electrons. The molecule has 3 nitrogen and oxygen atoms in total. The number of benzene rings is 7. The summed E-state index contributed by atoms with van der Waals surface area (Å²) in [4.78, 5) is 0. The second kappa shape index (κ2) is 11.2. The third-order valence-electron chi connectivity index (χ3n) is 11.3. The predicted octanol–water partition coefficient (Wildman–Crippen LogP) is 12.2. The number of hydrogen-bond acceptors (Lipinski definition) is 2. The fraction of sp³-hybridized carbons (Fsp3) is 0.0612. The summed E-state index contributed by atoms with van der Waals surface area (Å²) in [6.07, 6.45) is 5.64. The Morgan fingerprint density at radius 3 is 1.98 bits per heavy atom. The lowest BCUT2D eigenvalue weighted by Crippen LogP contribution is -2.37. The maximum absolute atomic E-state index is 7.07. The lowest BCUT2D eigenvalue weighted by Gasteiger charge is -2.45. The number of hydrogen-bond donors (Lipinski definition) is 0. The van der Waals surface area contributed by atoms with Gasteiger partial charge in [-0.25, -0.2) is 0 Å². The second-order valence-electron chi connectivity index (χ2n) is 14.0. The van der Waals surface area contributed by atoms with Gasteiger partial charge in [0.15, 0.2) is 0 Å². The normalized spacial score (nSPS) is 15.8. The van der Waals surface area contributed by atoms with Gasteiger partial charge in [0, 0.05) is 50.5 Å². The average Bonchev–Trinajstić information content (AvgIpc) is 3.55. The molecule has 7 aromatic carbocycles. The maximum Gasteiger partial charge on any atom is 0.140 e. The summed E-state index contributed by atoms with van der Waals surface area (Å²) < 4.78 is 16.1. The molecule has 246 valence electrons. The number of fused-ring (bicyclic) bond motifs is 11. The number of para-hydroxylation sites is 5. The van der Waals surface area contributed by atoms with Gasteiger partial charge < -0.3 is 14.0 Å². The van der Waals surface area contributed by atoms with Gasteiger partial charge in [-0.3, -0.25) is 0 Å². The summed E-state index contributed by atoms with van der Waals surface area (Å²) in [5, 5.41) is 1.31. The fourth-order valence-corrected chi connectivity index (χ4v) is 9.07. The van der Waals surface area contributed by atoms with Crippen molar-refractivity contribution in [1.29, 1.82) is 0 Å². The van der Waals surface area contributed by atoms with Gasteiger partial charge in [-0.05, 0) is 71.7 Å². The van der Waals surface area contributed by atoms with E-state index in [-0.39, 0.29) is 5.92 Å². The minimum atomic E-state index is -0.665. The minimum Gasteiger partial charge on any atom is -0.457 e. The Bertz CT molecular complexity index is 2680. The zero-order valence-corrected chi connectivity index (χ0v) is 28.4. The van der Waals surface area contributed by atoms with Crippen molar-refractivity contribution in [3.63, 3.8) is 0 Å². The highest BCUT2D eigenvalue weighted by molar-refractivity contribution is 5.91. The first-order valence-corrected chi connectivity index (χ1v) is 18.0. The number of ether oxygens (including phenoxy) is 2. The summed E-state index contributed by atoms with van der Waals surface area (Å²) in [6, 6.07) is 60.6. The van der Waals surface area contributed by atoms with Gasteiger partial charge in [-0.1, -0.05) is 133 Å². The van der Waals surface area contributed by atoms with Crippen LogP contribution in [0.2, 0.25) is 0 Å². The molecule has 0 amide bonds. The Labute approximate surface area is 302 Å². The van der Waals surface area contributed by atoms with E-state index in [1.54, 1.807) is 0 Å². The molecule has 3 heterocycles. The first-order chi connectivity index (χ1) is 25.8. The van der Waals surface area contributed by atoms with Gasteiger partial charge in [-0.15, -0.1) is 0 Å². The molecule has 0 saturated heterocycles. The lowest BCUT2D eigenvalue weighted by molar-refractivity contribution is 0.400. The Balaban J connectivity index is 1.13. The van der Waals surface area contributed by atoms with Crippen molar-refractivity contribution in [2.24, 2.45) is 0 Å². The van der Waals surface area contributed by atoms with Crippen molar-refractivity contribution in [1.82, 2.24) is 4.57 Å². The molecule has 3 aliphatic rings. The quantitative estimate of drug-likeness (QED) is 0.187. The summed E-state index contributed by atoms with van der Waals surface area (Å²) in [5.41, 5.74) is 12.4. The van der Waals surface area contributed by atoms with Gasteiger partial charge in [0.05, 0.1) is 10.9 Å². The molecule has 1 aromatic heterocycles. The van der Waals surface area contributed by atoms with Crippen LogP contribution in [0.5, 0.6) is 23.0 Å². The van der Waals surface area contributed by atoms with Crippen LogP contribution in [0.3, 0.4) is 0 Å². The summed E-state index contributed by atoms with van der Waals surface area (Å²) >= 11 is 0. The zero-order valence-electron chi connectivity index (χ0n) is 28.4. The summed E-state index contributed by atoms with van der Waals surface area (Å²) in [5.74, 6) is 3.67. The molecule has 3 heteroatoms. The largest absolute Gasteiger partial charge is 0.457 e. The fourth-order valence-electron chi connectivity index (χ4n) is 9.07. The molecule has 1 spiro atoms. The van der Waals surface area contributed by atoms with Crippen LogP contribution in [0.1, 0.15) is 45.0 Å². The molecule has 0 N–H and O–H groups in total. The third kappa shape index (κ3) is 4.08. The van der Waals surface area contributed by atoms with Crippen molar-refractivity contribution < 1.29 is 9.47 Å². The lowest BCUT2D eigenvalue weighted by atomic mass is 9.61. The Morgan fingerprint density at radius 1 is 0.538 bits per heavy atom. The number of nitrogens with zero attached hydrogens (tertiary/aromatic N) is 1. The van der Waals surface area contributed by atoms with E-state index in [2.05, 4.69) is 187 Å². The van der Waals surface area contributed by atoms with Crippen LogP contribution < -0.4 is 9.47 Å². The van der Waals surface area contributed by atoms with Gasteiger partial charge in [-0.2, -0.15) is 0 Å². The van der Waals surface area contributed by atoms with E-state index < -0.39 is 5.41 Å². The molecule has 2 aliphatic heterocycles. The van der Waals surface area contributed by atoms with Crippen LogP contribution in [-0.4, -0.2) is 4.57 Å². The molecular formula is C49H33NO2. The van der Waals surface area contributed by atoms with Crippen LogP contribution in [0.15, 0.2) is 176 Å². The molecule has 0 bridgehead atoms. The molecule has 1 atom stereocenters. The first kappa shape index (κ1) is 29.2. The third-order valence-corrected chi connectivity index (χ3v) is 11.3. The van der Waals surface area contributed by atoms with Crippen LogP contribution in [0.4, 0.5) is 0 Å². The van der Waals surface area contributed by atoms with Crippen LogP contribution >= 0.6 is 0 Å². The molecule has 11 rings (SSSR count). The van der Waals surface area contributed by atoms with Crippen molar-refractivity contribution in [2.75, 3.05) is 0 Å². The van der Waals surface area contributed by atoms with Crippen LogP contribution in [-0.2, 0) is 11.8 Å². The van der Waals surface area contributed by atoms with E-state index in [1.165, 1.54) is 33.4 Å². The highest BCUT2D eigenvalue weighted by atomic mass is 16.5. The number of allylic oxidation sites excluding steroid dienone is 1. The van der Waals surface area contributed by atoms with E-state index in [1.807, 2.05) is 0 Å². The highest BCUT2D eigenvalue weighted by Gasteiger charge is 2.51. The molecule has 0 saturated carbocycles.